The normalized spacial score (nSPS) is 10.6. The van der Waals surface area contributed by atoms with Gasteiger partial charge in [-0.15, -0.1) is 0 Å². The molecule has 1 radical (unpaired) electrons. The maximum absolute atomic E-state index is 5.20. The molecule has 0 aliphatic carbocycles. The fourth-order valence-corrected chi connectivity index (χ4v) is 1.11. The number of para-hydroxylation sites is 1. The first-order chi connectivity index (χ1) is 6.38. The summed E-state index contributed by atoms with van der Waals surface area (Å²) in [6.07, 6.45) is 7.34. The third-order valence-electron chi connectivity index (χ3n) is 1.79. The van der Waals surface area contributed by atoms with Crippen molar-refractivity contribution in [3.63, 3.8) is 0 Å². The number of hydrogen-bond acceptors (Lipinski definition) is 1. The fourth-order valence-electron chi connectivity index (χ4n) is 1.11. The number of ether oxygens (including phenoxy) is 1. The highest BCUT2D eigenvalue weighted by Gasteiger charge is 1.95. The van der Waals surface area contributed by atoms with E-state index in [1.165, 1.54) is 0 Å². The summed E-state index contributed by atoms with van der Waals surface area (Å²) in [5.74, 6) is 0.908. The van der Waals surface area contributed by atoms with E-state index in [2.05, 4.69) is 13.0 Å². The Bertz CT molecular complexity index is 276. The number of benzene rings is 1. The van der Waals surface area contributed by atoms with E-state index < -0.39 is 0 Å². The van der Waals surface area contributed by atoms with Crippen LogP contribution >= 0.6 is 0 Å². The molecule has 0 heterocycles. The molecule has 13 heavy (non-hydrogen) atoms. The zero-order valence-electron chi connectivity index (χ0n) is 8.21. The molecule has 1 nitrogen and oxygen atoms in total. The minimum atomic E-state index is 0.908. The third-order valence-corrected chi connectivity index (χ3v) is 1.79. The Morgan fingerprint density at radius 1 is 1.38 bits per heavy atom. The summed E-state index contributed by atoms with van der Waals surface area (Å²) >= 11 is 0. The van der Waals surface area contributed by atoms with Crippen LogP contribution in [0.1, 0.15) is 25.3 Å². The summed E-state index contributed by atoms with van der Waals surface area (Å²) in [6.45, 7) is 2.14. The van der Waals surface area contributed by atoms with Crippen molar-refractivity contribution in [3.05, 3.63) is 35.9 Å². The molecule has 1 aromatic carbocycles. The maximum atomic E-state index is 5.20. The van der Waals surface area contributed by atoms with Crippen molar-refractivity contribution in [2.75, 3.05) is 7.11 Å². The van der Waals surface area contributed by atoms with Gasteiger partial charge in [0.2, 0.25) is 0 Å². The number of hydrogen-bond donors (Lipinski definition) is 0. The van der Waals surface area contributed by atoms with Gasteiger partial charge in [-0.1, -0.05) is 31.5 Å². The second-order valence-corrected chi connectivity index (χ2v) is 2.84. The molecule has 0 aliphatic rings. The quantitative estimate of drug-likeness (QED) is 0.682. The largest absolute Gasteiger partial charge is 0.496 e. The molecule has 0 fully saturated rings. The van der Waals surface area contributed by atoms with Crippen molar-refractivity contribution in [2.45, 2.75) is 19.8 Å². The summed E-state index contributed by atoms with van der Waals surface area (Å²) in [5, 5.41) is 0. The smallest absolute Gasteiger partial charge is 0.126 e. The van der Waals surface area contributed by atoms with Gasteiger partial charge in [-0.3, -0.25) is 0 Å². The summed E-state index contributed by atoms with van der Waals surface area (Å²) in [4.78, 5) is 0. The van der Waals surface area contributed by atoms with Gasteiger partial charge in [0, 0.05) is 5.56 Å². The Labute approximate surface area is 80.0 Å². The molecule has 1 heteroatoms. The molecule has 0 spiro atoms. The number of rotatable bonds is 4. The summed E-state index contributed by atoms with van der Waals surface area (Å²) in [7, 11) is 1.69. The molecule has 1 rings (SSSR count). The van der Waals surface area contributed by atoms with E-state index in [4.69, 9.17) is 4.74 Å². The zero-order valence-corrected chi connectivity index (χ0v) is 8.21. The van der Waals surface area contributed by atoms with Gasteiger partial charge >= 0.3 is 0 Å². The molecule has 0 unspecified atom stereocenters. The van der Waals surface area contributed by atoms with E-state index in [9.17, 15) is 0 Å². The summed E-state index contributed by atoms with van der Waals surface area (Å²) < 4.78 is 5.20. The Balaban J connectivity index is 2.74. The van der Waals surface area contributed by atoms with Crippen LogP contribution in [0.25, 0.3) is 6.08 Å². The van der Waals surface area contributed by atoms with E-state index in [0.29, 0.717) is 0 Å². The molecule has 0 atom stereocenters. The van der Waals surface area contributed by atoms with E-state index in [1.807, 2.05) is 30.3 Å². The van der Waals surface area contributed by atoms with Crippen molar-refractivity contribution in [1.82, 2.24) is 0 Å². The van der Waals surface area contributed by atoms with Crippen LogP contribution < -0.4 is 4.74 Å². The Morgan fingerprint density at radius 2 is 2.15 bits per heavy atom. The van der Waals surface area contributed by atoms with Crippen LogP contribution in [0.15, 0.2) is 24.3 Å². The average Bonchev–Trinajstić information content (AvgIpc) is 2.19. The van der Waals surface area contributed by atoms with Gasteiger partial charge in [0.15, 0.2) is 0 Å². The summed E-state index contributed by atoms with van der Waals surface area (Å²) in [5.41, 5.74) is 1.10. The Kier molecular flexibility index (Phi) is 4.10. The van der Waals surface area contributed by atoms with Gasteiger partial charge in [-0.25, -0.2) is 0 Å². The lowest BCUT2D eigenvalue weighted by Crippen LogP contribution is -1.85. The molecule has 0 aliphatic heterocycles. The average molecular weight is 175 g/mol. The van der Waals surface area contributed by atoms with Crippen molar-refractivity contribution in [1.29, 1.82) is 0 Å². The first kappa shape index (κ1) is 9.85. The van der Waals surface area contributed by atoms with Gasteiger partial charge in [0.05, 0.1) is 7.11 Å². The molecule has 0 saturated carbocycles. The van der Waals surface area contributed by atoms with Crippen LogP contribution in [0, 0.1) is 6.08 Å². The van der Waals surface area contributed by atoms with Gasteiger partial charge < -0.3 is 4.74 Å². The van der Waals surface area contributed by atoms with Gasteiger partial charge in [0.1, 0.15) is 5.75 Å². The van der Waals surface area contributed by atoms with Crippen LogP contribution in [0.2, 0.25) is 0 Å². The number of methoxy groups -OCH3 is 1. The van der Waals surface area contributed by atoms with Crippen LogP contribution in [0.4, 0.5) is 0 Å². The predicted octanol–water partition coefficient (Wildman–Crippen LogP) is 3.31. The van der Waals surface area contributed by atoms with Crippen molar-refractivity contribution in [3.8, 4) is 5.75 Å². The third kappa shape index (κ3) is 2.94. The van der Waals surface area contributed by atoms with Crippen LogP contribution in [-0.2, 0) is 0 Å². The lowest BCUT2D eigenvalue weighted by atomic mass is 10.1. The van der Waals surface area contributed by atoms with E-state index in [-0.39, 0.29) is 0 Å². The van der Waals surface area contributed by atoms with E-state index in [0.717, 1.165) is 24.2 Å². The van der Waals surface area contributed by atoms with Crippen LogP contribution in [-0.4, -0.2) is 7.11 Å². The number of unbranched alkanes of at least 4 members (excludes halogenated alkanes) is 1. The number of allylic oxidation sites excluding steroid dienone is 1. The molecular weight excluding hydrogens is 160 g/mol. The lowest BCUT2D eigenvalue weighted by Gasteiger charge is -2.02. The minimum Gasteiger partial charge on any atom is -0.496 e. The zero-order chi connectivity index (χ0) is 9.52. The highest BCUT2D eigenvalue weighted by Crippen LogP contribution is 2.18. The molecule has 1 aromatic rings. The first-order valence-electron chi connectivity index (χ1n) is 4.58. The molecule has 0 aromatic heterocycles. The Hall–Kier alpha value is -1.24. The van der Waals surface area contributed by atoms with Gasteiger partial charge in [-0.2, -0.15) is 0 Å². The van der Waals surface area contributed by atoms with Gasteiger partial charge in [-0.05, 0) is 24.6 Å². The van der Waals surface area contributed by atoms with E-state index >= 15 is 0 Å². The monoisotopic (exact) mass is 175 g/mol. The van der Waals surface area contributed by atoms with Crippen molar-refractivity contribution < 1.29 is 4.74 Å². The summed E-state index contributed by atoms with van der Waals surface area (Å²) in [6, 6.07) is 7.96. The molecule has 0 bridgehead atoms. The standard InChI is InChI=1S/C12H15O/c1-3-4-5-8-11-9-6-7-10-12(11)13-2/h6-10H,3-4H2,1-2H3. The van der Waals surface area contributed by atoms with E-state index in [1.54, 1.807) is 7.11 Å². The molecule has 0 saturated heterocycles. The van der Waals surface area contributed by atoms with Crippen LogP contribution in [0.5, 0.6) is 5.75 Å². The maximum Gasteiger partial charge on any atom is 0.126 e. The van der Waals surface area contributed by atoms with Gasteiger partial charge in [0.25, 0.3) is 0 Å². The molecular formula is C12H15O. The molecule has 0 N–H and O–H groups in total. The second-order valence-electron chi connectivity index (χ2n) is 2.84. The molecule has 0 amide bonds. The predicted molar refractivity (Wildman–Crippen MR) is 55.6 cm³/mol. The van der Waals surface area contributed by atoms with Crippen molar-refractivity contribution in [2.24, 2.45) is 0 Å². The van der Waals surface area contributed by atoms with Crippen molar-refractivity contribution >= 4 is 6.08 Å². The molecule has 69 valence electrons. The highest BCUT2D eigenvalue weighted by atomic mass is 16.5. The lowest BCUT2D eigenvalue weighted by molar-refractivity contribution is 0.414. The van der Waals surface area contributed by atoms with Crippen LogP contribution in [0.3, 0.4) is 0 Å². The Morgan fingerprint density at radius 3 is 2.85 bits per heavy atom. The highest BCUT2D eigenvalue weighted by molar-refractivity contribution is 5.55. The SMILES string of the molecule is CCC/[C]=C/c1ccccc1OC. The first-order valence-corrected chi connectivity index (χ1v) is 4.58. The topological polar surface area (TPSA) is 9.23 Å². The fraction of sp³-hybridized carbons (Fsp3) is 0.333. The minimum absolute atomic E-state index is 0.908. The second kappa shape index (κ2) is 5.41.